The van der Waals surface area contributed by atoms with E-state index < -0.39 is 0 Å². The van der Waals surface area contributed by atoms with Crippen molar-refractivity contribution in [2.45, 2.75) is 20.4 Å². The predicted octanol–water partition coefficient (Wildman–Crippen LogP) is 2.92. The number of carbonyl (C=O) groups is 2. The highest BCUT2D eigenvalue weighted by atomic mass is 16.6. The van der Waals surface area contributed by atoms with Gasteiger partial charge in [-0.05, 0) is 25.5 Å². The van der Waals surface area contributed by atoms with E-state index in [0.29, 0.717) is 44.9 Å². The van der Waals surface area contributed by atoms with Crippen LogP contribution in [-0.2, 0) is 11.3 Å². The van der Waals surface area contributed by atoms with E-state index in [-0.39, 0.29) is 12.0 Å². The summed E-state index contributed by atoms with van der Waals surface area (Å²) in [5, 5.41) is 3.31. The Morgan fingerprint density at radius 2 is 1.75 bits per heavy atom. The molecule has 1 aliphatic rings. The Kier molecular flexibility index (Phi) is 6.47. The Morgan fingerprint density at radius 1 is 1.07 bits per heavy atom. The number of amides is 2. The fourth-order valence-electron chi connectivity index (χ4n) is 3.05. The summed E-state index contributed by atoms with van der Waals surface area (Å²) in [6.07, 6.45) is 2.97. The fourth-order valence-corrected chi connectivity index (χ4v) is 3.05. The lowest BCUT2D eigenvalue weighted by molar-refractivity contribution is 0.0570. The van der Waals surface area contributed by atoms with Gasteiger partial charge in [-0.1, -0.05) is 29.8 Å². The van der Waals surface area contributed by atoms with Crippen LogP contribution in [0.1, 0.15) is 28.4 Å². The minimum atomic E-state index is -0.321. The molecule has 0 radical (unpaired) electrons. The lowest BCUT2D eigenvalue weighted by Gasteiger charge is -2.34. The third kappa shape index (κ3) is 5.00. The van der Waals surface area contributed by atoms with Crippen molar-refractivity contribution >= 4 is 17.7 Å². The molecular weight excluding hydrogens is 356 g/mol. The minimum absolute atomic E-state index is 0.0741. The molecule has 28 heavy (non-hydrogen) atoms. The van der Waals surface area contributed by atoms with Gasteiger partial charge in [0, 0.05) is 45.1 Å². The number of aromatic nitrogens is 1. The number of aryl methyl sites for hydroxylation is 1. The molecule has 0 aliphatic carbocycles. The third-order valence-corrected chi connectivity index (χ3v) is 4.70. The van der Waals surface area contributed by atoms with Gasteiger partial charge in [-0.3, -0.25) is 9.78 Å². The number of carbonyl (C=O) groups excluding carboxylic acids is 2. The first-order valence-electron chi connectivity index (χ1n) is 9.52. The molecule has 0 spiro atoms. The molecule has 7 nitrogen and oxygen atoms in total. The molecule has 2 heterocycles. The number of hydrogen-bond donors (Lipinski definition) is 1. The number of hydrogen-bond acceptors (Lipinski definition) is 5. The molecule has 1 aromatic carbocycles. The number of ether oxygens (including phenoxy) is 1. The first-order chi connectivity index (χ1) is 13.6. The highest BCUT2D eigenvalue weighted by molar-refractivity contribution is 5.95. The maximum atomic E-state index is 12.8. The molecule has 0 saturated carbocycles. The molecule has 1 fully saturated rings. The monoisotopic (exact) mass is 382 g/mol. The Bertz CT molecular complexity index is 815. The first-order valence-corrected chi connectivity index (χ1v) is 9.52. The molecule has 7 heteroatoms. The molecule has 0 unspecified atom stereocenters. The number of pyridine rings is 1. The lowest BCUT2D eigenvalue weighted by atomic mass is 10.1. The van der Waals surface area contributed by atoms with Crippen LogP contribution in [0.3, 0.4) is 0 Å². The second-order valence-electron chi connectivity index (χ2n) is 6.78. The van der Waals surface area contributed by atoms with Gasteiger partial charge in [0.2, 0.25) is 0 Å². The van der Waals surface area contributed by atoms with Crippen LogP contribution >= 0.6 is 0 Å². The topological polar surface area (TPSA) is 74.8 Å². The number of nitrogens with zero attached hydrogens (tertiary/aromatic N) is 3. The van der Waals surface area contributed by atoms with Gasteiger partial charge in [-0.2, -0.15) is 0 Å². The Hall–Kier alpha value is -3.09. The second kappa shape index (κ2) is 9.21. The molecule has 3 rings (SSSR count). The summed E-state index contributed by atoms with van der Waals surface area (Å²) in [4.78, 5) is 32.1. The average molecular weight is 382 g/mol. The zero-order chi connectivity index (χ0) is 19.9. The van der Waals surface area contributed by atoms with E-state index in [1.54, 1.807) is 29.1 Å². The van der Waals surface area contributed by atoms with E-state index in [0.717, 1.165) is 11.3 Å². The molecule has 1 aliphatic heterocycles. The number of benzene rings is 1. The average Bonchev–Trinajstić information content (AvgIpc) is 2.73. The molecule has 1 N–H and O–H groups in total. The van der Waals surface area contributed by atoms with Crippen molar-refractivity contribution < 1.29 is 14.3 Å². The van der Waals surface area contributed by atoms with Crippen molar-refractivity contribution in [3.8, 4) is 0 Å². The quantitative estimate of drug-likeness (QED) is 0.861. The molecule has 2 amide bonds. The summed E-state index contributed by atoms with van der Waals surface area (Å²) in [5.41, 5.74) is 3.73. The van der Waals surface area contributed by atoms with Gasteiger partial charge < -0.3 is 19.9 Å². The second-order valence-corrected chi connectivity index (χ2v) is 6.78. The van der Waals surface area contributed by atoms with Crippen LogP contribution in [0.4, 0.5) is 10.5 Å². The Balaban J connectivity index is 1.56. The summed E-state index contributed by atoms with van der Waals surface area (Å²) >= 11 is 0. The summed E-state index contributed by atoms with van der Waals surface area (Å²) in [6.45, 7) is 6.78. The van der Waals surface area contributed by atoms with Gasteiger partial charge in [-0.15, -0.1) is 0 Å². The third-order valence-electron chi connectivity index (χ3n) is 4.70. The molecule has 1 aromatic heterocycles. The molecule has 0 bridgehead atoms. The largest absolute Gasteiger partial charge is 0.450 e. The van der Waals surface area contributed by atoms with Crippen LogP contribution in [-0.4, -0.2) is 59.6 Å². The van der Waals surface area contributed by atoms with Crippen LogP contribution in [0, 0.1) is 6.92 Å². The minimum Gasteiger partial charge on any atom is -0.450 e. The maximum Gasteiger partial charge on any atom is 0.409 e. The van der Waals surface area contributed by atoms with E-state index >= 15 is 0 Å². The van der Waals surface area contributed by atoms with Crippen molar-refractivity contribution in [1.29, 1.82) is 0 Å². The number of rotatable bonds is 5. The highest BCUT2D eigenvalue weighted by Crippen LogP contribution is 2.14. The summed E-state index contributed by atoms with van der Waals surface area (Å²) in [7, 11) is 0. The molecule has 0 atom stereocenters. The molecular formula is C21H26N4O3. The van der Waals surface area contributed by atoms with E-state index in [9.17, 15) is 9.59 Å². The Labute approximate surface area is 165 Å². The van der Waals surface area contributed by atoms with Crippen LogP contribution in [0.15, 0.2) is 42.7 Å². The normalized spacial score (nSPS) is 13.9. The number of piperazine rings is 1. The summed E-state index contributed by atoms with van der Waals surface area (Å²) in [6, 6.07) is 10.1. The molecule has 1 saturated heterocycles. The van der Waals surface area contributed by atoms with Crippen LogP contribution in [0.5, 0.6) is 0 Å². The van der Waals surface area contributed by atoms with Crippen molar-refractivity contribution in [3.63, 3.8) is 0 Å². The van der Waals surface area contributed by atoms with Gasteiger partial charge in [0.1, 0.15) is 0 Å². The van der Waals surface area contributed by atoms with Gasteiger partial charge in [0.15, 0.2) is 0 Å². The van der Waals surface area contributed by atoms with Crippen LogP contribution < -0.4 is 5.32 Å². The lowest BCUT2D eigenvalue weighted by Crippen LogP contribution is -2.50. The van der Waals surface area contributed by atoms with E-state index in [1.165, 1.54) is 5.56 Å². The van der Waals surface area contributed by atoms with Crippen molar-refractivity contribution in [2.24, 2.45) is 0 Å². The van der Waals surface area contributed by atoms with Gasteiger partial charge in [0.25, 0.3) is 5.91 Å². The first kappa shape index (κ1) is 19.7. The van der Waals surface area contributed by atoms with E-state index in [4.69, 9.17) is 4.74 Å². The summed E-state index contributed by atoms with van der Waals surface area (Å²) < 4.78 is 5.01. The SMILES string of the molecule is CCOC(=O)N1CCN(C(=O)c2cncc(NCc3ccc(C)cc3)c2)CC1. The van der Waals surface area contributed by atoms with Gasteiger partial charge >= 0.3 is 6.09 Å². The zero-order valence-corrected chi connectivity index (χ0v) is 16.4. The number of anilines is 1. The smallest absolute Gasteiger partial charge is 0.409 e. The van der Waals surface area contributed by atoms with E-state index in [1.807, 2.05) is 6.07 Å². The van der Waals surface area contributed by atoms with Crippen LogP contribution in [0.25, 0.3) is 0 Å². The molecule has 2 aromatic rings. The fraction of sp³-hybridized carbons (Fsp3) is 0.381. The Morgan fingerprint density at radius 3 is 2.43 bits per heavy atom. The van der Waals surface area contributed by atoms with Crippen LogP contribution in [0.2, 0.25) is 0 Å². The van der Waals surface area contributed by atoms with E-state index in [2.05, 4.69) is 41.5 Å². The van der Waals surface area contributed by atoms with Crippen molar-refractivity contribution in [2.75, 3.05) is 38.1 Å². The zero-order valence-electron chi connectivity index (χ0n) is 16.4. The summed E-state index contributed by atoms with van der Waals surface area (Å²) in [5.74, 6) is -0.0741. The van der Waals surface area contributed by atoms with Gasteiger partial charge in [-0.25, -0.2) is 4.79 Å². The highest BCUT2D eigenvalue weighted by Gasteiger charge is 2.25. The number of nitrogens with one attached hydrogen (secondary N) is 1. The maximum absolute atomic E-state index is 12.8. The van der Waals surface area contributed by atoms with Crippen molar-refractivity contribution in [1.82, 2.24) is 14.8 Å². The standard InChI is InChI=1S/C21H26N4O3/c1-3-28-21(27)25-10-8-24(9-11-25)20(26)18-12-19(15-22-14-18)23-13-17-6-4-16(2)5-7-17/h4-7,12,14-15,23H,3,8-11,13H2,1-2H3. The molecule has 148 valence electrons. The predicted molar refractivity (Wildman–Crippen MR) is 107 cm³/mol. The van der Waals surface area contributed by atoms with Gasteiger partial charge in [0.05, 0.1) is 17.9 Å². The van der Waals surface area contributed by atoms with Crippen molar-refractivity contribution in [3.05, 3.63) is 59.4 Å².